The molecule has 0 bridgehead atoms. The van der Waals surface area contributed by atoms with Crippen LogP contribution in [-0.4, -0.2) is 41.7 Å². The van der Waals surface area contributed by atoms with E-state index in [-0.39, 0.29) is 11.9 Å². The number of carbonyl (C=O) groups excluding carboxylic acids is 2. The van der Waals surface area contributed by atoms with Crippen molar-refractivity contribution in [3.63, 3.8) is 0 Å². The van der Waals surface area contributed by atoms with Crippen LogP contribution in [0.5, 0.6) is 0 Å². The second kappa shape index (κ2) is 10.1. The molecule has 0 aliphatic carbocycles. The van der Waals surface area contributed by atoms with E-state index in [0.29, 0.717) is 30.7 Å². The zero-order valence-electron chi connectivity index (χ0n) is 15.4. The maximum absolute atomic E-state index is 12.1. The largest absolute Gasteiger partial charge is 0.460 e. The van der Waals surface area contributed by atoms with Crippen LogP contribution in [0.15, 0.2) is 24.3 Å². The van der Waals surface area contributed by atoms with Crippen molar-refractivity contribution < 1.29 is 14.3 Å². The van der Waals surface area contributed by atoms with Gasteiger partial charge in [0.05, 0.1) is 17.4 Å². The molecule has 1 amide bonds. The highest BCUT2D eigenvalue weighted by molar-refractivity contribution is 7.99. The Kier molecular flexibility index (Phi) is 8.50. The summed E-state index contributed by atoms with van der Waals surface area (Å²) < 4.78 is 5.24. The van der Waals surface area contributed by atoms with Crippen molar-refractivity contribution in [3.05, 3.63) is 35.4 Å². The van der Waals surface area contributed by atoms with Crippen molar-refractivity contribution in [2.75, 3.05) is 19.3 Å². The van der Waals surface area contributed by atoms with Gasteiger partial charge in [0.25, 0.3) is 0 Å². The number of hydrogen-bond acceptors (Lipinski definition) is 5. The van der Waals surface area contributed by atoms with Crippen molar-refractivity contribution in [2.24, 2.45) is 0 Å². The minimum atomic E-state index is -0.471. The summed E-state index contributed by atoms with van der Waals surface area (Å²) in [6.45, 7) is 6.05. The van der Waals surface area contributed by atoms with E-state index in [2.05, 4.69) is 6.07 Å². The van der Waals surface area contributed by atoms with Gasteiger partial charge in [-0.15, -0.1) is 11.8 Å². The van der Waals surface area contributed by atoms with Crippen molar-refractivity contribution in [1.82, 2.24) is 4.90 Å². The van der Waals surface area contributed by atoms with Gasteiger partial charge < -0.3 is 9.64 Å². The highest BCUT2D eigenvalue weighted by atomic mass is 32.2. The van der Waals surface area contributed by atoms with Gasteiger partial charge in [-0.05, 0) is 44.9 Å². The number of hydrogen-bond donors (Lipinski definition) is 0. The van der Waals surface area contributed by atoms with Crippen molar-refractivity contribution in [2.45, 2.75) is 45.0 Å². The van der Waals surface area contributed by atoms with Crippen molar-refractivity contribution >= 4 is 23.6 Å². The zero-order chi connectivity index (χ0) is 18.9. The Bertz CT molecular complexity index is 615. The molecule has 0 fully saturated rings. The summed E-state index contributed by atoms with van der Waals surface area (Å²) in [7, 11) is 1.75. The van der Waals surface area contributed by atoms with E-state index in [1.807, 2.05) is 32.9 Å². The van der Waals surface area contributed by atoms with E-state index in [1.54, 1.807) is 24.1 Å². The summed E-state index contributed by atoms with van der Waals surface area (Å²) in [6, 6.07) is 9.45. The molecule has 6 heteroatoms. The van der Waals surface area contributed by atoms with Crippen LogP contribution in [0, 0.1) is 11.3 Å². The topological polar surface area (TPSA) is 70.4 Å². The van der Waals surface area contributed by atoms with Gasteiger partial charge in [-0.3, -0.25) is 9.59 Å². The Balaban J connectivity index is 2.23. The third-order valence-corrected chi connectivity index (χ3v) is 4.29. The molecule has 0 unspecified atom stereocenters. The predicted molar refractivity (Wildman–Crippen MR) is 100 cm³/mol. The fraction of sp³-hybridized carbons (Fsp3) is 0.526. The summed E-state index contributed by atoms with van der Waals surface area (Å²) in [5, 5.41) is 8.76. The highest BCUT2D eigenvalue weighted by Gasteiger charge is 2.16. The van der Waals surface area contributed by atoms with Gasteiger partial charge >= 0.3 is 5.97 Å². The number of carbonyl (C=O) groups is 2. The van der Waals surface area contributed by atoms with Gasteiger partial charge in [-0.25, -0.2) is 0 Å². The number of nitrogens with zero attached hydrogens (tertiary/aromatic N) is 2. The molecule has 1 rings (SSSR count). The average Bonchev–Trinajstić information content (AvgIpc) is 2.53. The number of ether oxygens (including phenoxy) is 1. The number of esters is 1. The second-order valence-electron chi connectivity index (χ2n) is 6.81. The molecular weight excluding hydrogens is 336 g/mol. The second-order valence-corrected chi connectivity index (χ2v) is 7.79. The van der Waals surface area contributed by atoms with Gasteiger partial charge in [0.15, 0.2) is 0 Å². The van der Waals surface area contributed by atoms with Crippen LogP contribution >= 0.6 is 11.8 Å². The van der Waals surface area contributed by atoms with Crippen LogP contribution in [0.25, 0.3) is 0 Å². The fourth-order valence-electron chi connectivity index (χ4n) is 2.02. The molecule has 1 aromatic rings. The van der Waals surface area contributed by atoms with Crippen LogP contribution < -0.4 is 0 Å². The molecule has 0 N–H and O–H groups in total. The molecule has 136 valence electrons. The Hall–Kier alpha value is -2.00. The summed E-state index contributed by atoms with van der Waals surface area (Å²) in [4.78, 5) is 25.4. The first-order valence-electron chi connectivity index (χ1n) is 8.24. The van der Waals surface area contributed by atoms with Crippen LogP contribution in [0.1, 0.15) is 44.7 Å². The highest BCUT2D eigenvalue weighted by Crippen LogP contribution is 2.14. The van der Waals surface area contributed by atoms with Crippen molar-refractivity contribution in [1.29, 1.82) is 5.26 Å². The van der Waals surface area contributed by atoms with E-state index in [0.717, 1.165) is 11.3 Å². The molecule has 0 heterocycles. The fourth-order valence-corrected chi connectivity index (χ4v) is 2.94. The number of benzene rings is 1. The standard InChI is InChI=1S/C19H26N2O3S/c1-19(2,3)24-18(23)6-5-11-21(4)17(22)14-25-13-16-9-7-15(12-20)8-10-16/h7-10H,5-6,11,13-14H2,1-4H3. The van der Waals surface area contributed by atoms with Crippen LogP contribution in [-0.2, 0) is 20.1 Å². The normalized spacial score (nSPS) is 10.8. The molecule has 0 aliphatic rings. The van der Waals surface area contributed by atoms with E-state index < -0.39 is 5.60 Å². The molecule has 0 radical (unpaired) electrons. The lowest BCUT2D eigenvalue weighted by Gasteiger charge is -2.20. The molecule has 0 spiro atoms. The lowest BCUT2D eigenvalue weighted by atomic mass is 10.2. The summed E-state index contributed by atoms with van der Waals surface area (Å²) >= 11 is 1.54. The molecule has 0 saturated heterocycles. The maximum Gasteiger partial charge on any atom is 0.306 e. The van der Waals surface area contributed by atoms with E-state index in [9.17, 15) is 9.59 Å². The smallest absolute Gasteiger partial charge is 0.306 e. The Morgan fingerprint density at radius 1 is 1.24 bits per heavy atom. The molecule has 0 atom stereocenters. The maximum atomic E-state index is 12.1. The SMILES string of the molecule is CN(CCCC(=O)OC(C)(C)C)C(=O)CSCc1ccc(C#N)cc1. The van der Waals surface area contributed by atoms with Gasteiger partial charge in [0, 0.05) is 25.8 Å². The third kappa shape index (κ3) is 9.16. The molecule has 0 aliphatic heterocycles. The van der Waals surface area contributed by atoms with E-state index in [1.165, 1.54) is 11.8 Å². The molecule has 1 aromatic carbocycles. The molecular formula is C19H26N2O3S. The van der Waals surface area contributed by atoms with E-state index in [4.69, 9.17) is 10.00 Å². The van der Waals surface area contributed by atoms with Crippen LogP contribution in [0.2, 0.25) is 0 Å². The molecule has 0 saturated carbocycles. The Morgan fingerprint density at radius 3 is 2.44 bits per heavy atom. The van der Waals surface area contributed by atoms with Crippen LogP contribution in [0.4, 0.5) is 0 Å². The molecule has 5 nitrogen and oxygen atoms in total. The minimum absolute atomic E-state index is 0.0443. The first-order chi connectivity index (χ1) is 11.7. The monoisotopic (exact) mass is 362 g/mol. The Labute approximate surface area is 154 Å². The van der Waals surface area contributed by atoms with Crippen molar-refractivity contribution in [3.8, 4) is 6.07 Å². The summed E-state index contributed by atoms with van der Waals surface area (Å²) in [5.41, 5.74) is 1.25. The molecule has 25 heavy (non-hydrogen) atoms. The van der Waals surface area contributed by atoms with Crippen LogP contribution in [0.3, 0.4) is 0 Å². The quantitative estimate of drug-likeness (QED) is 0.663. The van der Waals surface area contributed by atoms with Gasteiger partial charge in [0.2, 0.25) is 5.91 Å². The first-order valence-corrected chi connectivity index (χ1v) is 9.39. The number of rotatable bonds is 8. The minimum Gasteiger partial charge on any atom is -0.460 e. The predicted octanol–water partition coefficient (Wildman–Crippen LogP) is 3.37. The van der Waals surface area contributed by atoms with Gasteiger partial charge in [-0.2, -0.15) is 5.26 Å². The van der Waals surface area contributed by atoms with E-state index >= 15 is 0 Å². The van der Waals surface area contributed by atoms with Gasteiger partial charge in [-0.1, -0.05) is 12.1 Å². The van der Waals surface area contributed by atoms with Gasteiger partial charge in [0.1, 0.15) is 5.60 Å². The number of nitriles is 1. The summed E-state index contributed by atoms with van der Waals surface area (Å²) in [5.74, 6) is 0.929. The first kappa shape index (κ1) is 21.0. The third-order valence-electron chi connectivity index (χ3n) is 3.30. The molecule has 0 aromatic heterocycles. The lowest BCUT2D eigenvalue weighted by molar-refractivity contribution is -0.155. The zero-order valence-corrected chi connectivity index (χ0v) is 16.2. The Morgan fingerprint density at radius 2 is 1.88 bits per heavy atom. The number of amides is 1. The summed E-state index contributed by atoms with van der Waals surface area (Å²) in [6.07, 6.45) is 0.907. The lowest BCUT2D eigenvalue weighted by Crippen LogP contribution is -2.30. The average molecular weight is 362 g/mol. The number of thioether (sulfide) groups is 1.